The number of carbonyl (C=O) groups is 1. The summed E-state index contributed by atoms with van der Waals surface area (Å²) in [4.78, 5) is 12.2. The molecule has 0 saturated carbocycles. The fraction of sp³-hybridized carbons (Fsp3) is 0.130. The van der Waals surface area contributed by atoms with Crippen LogP contribution >= 0.6 is 50.8 Å². The van der Waals surface area contributed by atoms with Gasteiger partial charge in [-0.2, -0.15) is 5.10 Å². The number of halogens is 1. The maximum atomic E-state index is 12.2. The molecular weight excluding hydrogens is 524 g/mol. The van der Waals surface area contributed by atoms with Crippen molar-refractivity contribution in [3.8, 4) is 0 Å². The summed E-state index contributed by atoms with van der Waals surface area (Å²) in [5.41, 5.74) is 5.57. The van der Waals surface area contributed by atoms with Crippen LogP contribution in [0.25, 0.3) is 10.8 Å². The molecule has 1 amide bonds. The summed E-state index contributed by atoms with van der Waals surface area (Å²) in [6.45, 7) is 1.86. The van der Waals surface area contributed by atoms with Crippen LogP contribution in [0.3, 0.4) is 0 Å². The Balaban J connectivity index is 1.28. The second-order valence-electron chi connectivity index (χ2n) is 6.79. The van der Waals surface area contributed by atoms with Crippen molar-refractivity contribution in [3.63, 3.8) is 0 Å². The molecule has 0 bridgehead atoms. The summed E-state index contributed by atoms with van der Waals surface area (Å²) in [5.74, 6) is 0.882. The lowest BCUT2D eigenvalue weighted by molar-refractivity contribution is -0.118. The van der Waals surface area contributed by atoms with Gasteiger partial charge in [-0.1, -0.05) is 105 Å². The number of rotatable bonds is 8. The highest BCUT2D eigenvalue weighted by Crippen LogP contribution is 2.32. The second-order valence-corrected chi connectivity index (χ2v) is 11.1. The fourth-order valence-electron chi connectivity index (χ4n) is 2.96. The number of carbonyl (C=O) groups excluding carboxylic acids is 1. The van der Waals surface area contributed by atoms with Gasteiger partial charge in [0.25, 0.3) is 5.91 Å². The molecule has 0 aliphatic rings. The van der Waals surface area contributed by atoms with Crippen molar-refractivity contribution < 1.29 is 4.79 Å². The van der Waals surface area contributed by atoms with Crippen molar-refractivity contribution in [2.75, 3.05) is 5.75 Å². The number of amides is 1. The number of fused-ring (bicyclic) bond motifs is 1. The van der Waals surface area contributed by atoms with Crippen LogP contribution in [0, 0.1) is 0 Å². The Morgan fingerprint density at radius 3 is 2.62 bits per heavy atom. The van der Waals surface area contributed by atoms with Crippen LogP contribution in [-0.4, -0.2) is 27.6 Å². The van der Waals surface area contributed by atoms with Gasteiger partial charge in [0.1, 0.15) is 0 Å². The summed E-state index contributed by atoms with van der Waals surface area (Å²) in [7, 11) is 0. The van der Waals surface area contributed by atoms with E-state index in [1.807, 2.05) is 31.2 Å². The first-order valence-corrected chi connectivity index (χ1v) is 13.3. The minimum Gasteiger partial charge on any atom is -0.272 e. The molecular formula is C23H19BrN4OS3. The van der Waals surface area contributed by atoms with E-state index in [9.17, 15) is 4.79 Å². The normalized spacial score (nSPS) is 11.6. The molecule has 0 unspecified atom stereocenters. The molecule has 1 N–H and O–H groups in total. The molecule has 32 heavy (non-hydrogen) atoms. The van der Waals surface area contributed by atoms with Gasteiger partial charge in [0.15, 0.2) is 8.68 Å². The number of aromatic nitrogens is 2. The lowest BCUT2D eigenvalue weighted by Crippen LogP contribution is -2.21. The van der Waals surface area contributed by atoms with Crippen LogP contribution in [0.1, 0.15) is 18.1 Å². The predicted molar refractivity (Wildman–Crippen MR) is 139 cm³/mol. The standard InChI is InChI=1S/C23H19BrN4OS3/c1-15(17-8-5-10-19(24)12-17)25-26-21(29)14-31-23-28-27-22(32-23)30-13-18-9-4-7-16-6-2-3-11-20(16)18/h2-12H,13-14H2,1H3,(H,26,29). The Morgan fingerprint density at radius 1 is 1.03 bits per heavy atom. The summed E-state index contributed by atoms with van der Waals surface area (Å²) in [6, 6.07) is 22.5. The largest absolute Gasteiger partial charge is 0.272 e. The van der Waals surface area contributed by atoms with E-state index in [4.69, 9.17) is 0 Å². The Kier molecular flexibility index (Phi) is 7.96. The van der Waals surface area contributed by atoms with E-state index < -0.39 is 0 Å². The van der Waals surface area contributed by atoms with E-state index in [-0.39, 0.29) is 11.7 Å². The van der Waals surface area contributed by atoms with Gasteiger partial charge in [-0.3, -0.25) is 4.79 Å². The van der Waals surface area contributed by atoms with Crippen molar-refractivity contribution in [2.24, 2.45) is 5.10 Å². The summed E-state index contributed by atoms with van der Waals surface area (Å²) < 4.78 is 2.63. The molecule has 0 aliphatic heterocycles. The molecule has 0 atom stereocenters. The number of thioether (sulfide) groups is 2. The van der Waals surface area contributed by atoms with Crippen LogP contribution in [-0.2, 0) is 10.5 Å². The summed E-state index contributed by atoms with van der Waals surface area (Å²) >= 11 is 7.97. The number of nitrogens with one attached hydrogen (secondary N) is 1. The third-order valence-electron chi connectivity index (χ3n) is 4.54. The van der Waals surface area contributed by atoms with Crippen LogP contribution in [0.15, 0.2) is 85.0 Å². The predicted octanol–water partition coefficient (Wildman–Crippen LogP) is 6.38. The number of hydrazone groups is 1. The Bertz CT molecular complexity index is 1270. The molecule has 3 aromatic carbocycles. The first kappa shape index (κ1) is 23.0. The monoisotopic (exact) mass is 542 g/mol. The quantitative estimate of drug-likeness (QED) is 0.159. The van der Waals surface area contributed by atoms with Gasteiger partial charge in [-0.15, -0.1) is 10.2 Å². The van der Waals surface area contributed by atoms with Gasteiger partial charge in [0, 0.05) is 10.2 Å². The van der Waals surface area contributed by atoms with Crippen molar-refractivity contribution in [1.29, 1.82) is 0 Å². The SMILES string of the molecule is CC(=NNC(=O)CSc1nnc(SCc2cccc3ccccc23)s1)c1cccc(Br)c1. The number of benzene rings is 3. The van der Waals surface area contributed by atoms with Gasteiger partial charge in [0.05, 0.1) is 11.5 Å². The average molecular weight is 544 g/mol. The van der Waals surface area contributed by atoms with Crippen molar-refractivity contribution >= 4 is 73.2 Å². The molecule has 9 heteroatoms. The topological polar surface area (TPSA) is 67.2 Å². The molecule has 5 nitrogen and oxygen atoms in total. The molecule has 0 saturated heterocycles. The van der Waals surface area contributed by atoms with Crippen molar-refractivity contribution in [1.82, 2.24) is 15.6 Å². The molecule has 0 aliphatic carbocycles. The minimum atomic E-state index is -0.176. The van der Waals surface area contributed by atoms with E-state index >= 15 is 0 Å². The highest BCUT2D eigenvalue weighted by atomic mass is 79.9. The van der Waals surface area contributed by atoms with Gasteiger partial charge in [-0.25, -0.2) is 5.43 Å². The zero-order chi connectivity index (χ0) is 22.3. The van der Waals surface area contributed by atoms with Crippen LogP contribution in [0.4, 0.5) is 0 Å². The molecule has 0 fully saturated rings. The van der Waals surface area contributed by atoms with E-state index in [0.29, 0.717) is 0 Å². The van der Waals surface area contributed by atoms with Crippen LogP contribution < -0.4 is 5.43 Å². The van der Waals surface area contributed by atoms with E-state index in [1.54, 1.807) is 11.8 Å². The third kappa shape index (κ3) is 6.19. The lowest BCUT2D eigenvalue weighted by atomic mass is 10.1. The van der Waals surface area contributed by atoms with Crippen LogP contribution in [0.5, 0.6) is 0 Å². The van der Waals surface area contributed by atoms with Gasteiger partial charge >= 0.3 is 0 Å². The lowest BCUT2D eigenvalue weighted by Gasteiger charge is -2.04. The first-order chi connectivity index (χ1) is 15.6. The Morgan fingerprint density at radius 2 is 1.78 bits per heavy atom. The average Bonchev–Trinajstić information content (AvgIpc) is 3.27. The molecule has 0 radical (unpaired) electrons. The molecule has 4 aromatic rings. The van der Waals surface area contributed by atoms with E-state index in [0.717, 1.165) is 30.2 Å². The number of hydrogen-bond acceptors (Lipinski definition) is 7. The van der Waals surface area contributed by atoms with E-state index in [1.165, 1.54) is 39.4 Å². The highest BCUT2D eigenvalue weighted by Gasteiger charge is 2.10. The Labute approximate surface area is 207 Å². The third-order valence-corrected chi connectivity index (χ3v) is 8.27. The maximum Gasteiger partial charge on any atom is 0.250 e. The molecule has 0 spiro atoms. The Hall–Kier alpha value is -2.20. The number of hydrogen-bond donors (Lipinski definition) is 1. The molecule has 1 heterocycles. The maximum absolute atomic E-state index is 12.2. The summed E-state index contributed by atoms with van der Waals surface area (Å²) in [6.07, 6.45) is 0. The zero-order valence-electron chi connectivity index (χ0n) is 17.1. The molecule has 4 rings (SSSR count). The minimum absolute atomic E-state index is 0.176. The van der Waals surface area contributed by atoms with Gasteiger partial charge < -0.3 is 0 Å². The second kappa shape index (κ2) is 11.1. The van der Waals surface area contributed by atoms with Crippen molar-refractivity contribution in [2.45, 2.75) is 21.4 Å². The molecule has 1 aromatic heterocycles. The van der Waals surface area contributed by atoms with E-state index in [2.05, 4.69) is 79.1 Å². The van der Waals surface area contributed by atoms with Crippen LogP contribution in [0.2, 0.25) is 0 Å². The van der Waals surface area contributed by atoms with Crippen molar-refractivity contribution in [3.05, 3.63) is 82.3 Å². The van der Waals surface area contributed by atoms with Gasteiger partial charge in [0.2, 0.25) is 0 Å². The summed E-state index contributed by atoms with van der Waals surface area (Å²) in [5, 5.41) is 15.2. The smallest absolute Gasteiger partial charge is 0.250 e. The fourth-order valence-corrected chi connectivity index (χ4v) is 6.17. The zero-order valence-corrected chi connectivity index (χ0v) is 21.2. The first-order valence-electron chi connectivity index (χ1n) is 9.73. The number of nitrogens with zero attached hydrogens (tertiary/aromatic N) is 3. The molecule has 162 valence electrons. The van der Waals surface area contributed by atoms with Gasteiger partial charge in [-0.05, 0) is 41.0 Å². The highest BCUT2D eigenvalue weighted by molar-refractivity contribution is 9.10.